The molecule has 0 atom stereocenters. The number of para-hydroxylation sites is 1. The molecule has 1 aromatic heterocycles. The van der Waals surface area contributed by atoms with Crippen molar-refractivity contribution in [1.82, 2.24) is 0 Å². The second kappa shape index (κ2) is 8.81. The molecule has 0 bridgehead atoms. The predicted octanol–water partition coefficient (Wildman–Crippen LogP) is 10.5. The second-order valence-corrected chi connectivity index (χ2v) is 10.1. The number of anilines is 3. The first-order chi connectivity index (χ1) is 16.7. The number of fused-ring (bicyclic) bond motifs is 3. The minimum Gasteiger partial charge on any atom is -0.310 e. The van der Waals surface area contributed by atoms with Crippen molar-refractivity contribution in [3.8, 4) is 11.1 Å². The van der Waals surface area contributed by atoms with Gasteiger partial charge in [0.25, 0.3) is 0 Å². The predicted molar refractivity (Wildman–Crippen MR) is 149 cm³/mol. The first-order valence-corrected chi connectivity index (χ1v) is 12.6. The van der Waals surface area contributed by atoms with E-state index in [9.17, 15) is 0 Å². The van der Waals surface area contributed by atoms with Crippen LogP contribution in [0.25, 0.3) is 31.3 Å². The van der Waals surface area contributed by atoms with Crippen molar-refractivity contribution in [2.45, 2.75) is 0 Å². The third-order valence-electron chi connectivity index (χ3n) is 5.93. The zero-order chi connectivity index (χ0) is 23.1. The number of benzene rings is 5. The maximum atomic E-state index is 6.29. The molecule has 4 heteroatoms. The molecule has 0 unspecified atom stereocenters. The topological polar surface area (TPSA) is 3.24 Å². The Balaban J connectivity index is 1.54. The van der Waals surface area contributed by atoms with Crippen molar-refractivity contribution in [2.75, 3.05) is 4.90 Å². The van der Waals surface area contributed by atoms with Crippen LogP contribution in [0.5, 0.6) is 0 Å². The van der Waals surface area contributed by atoms with Gasteiger partial charge in [0.1, 0.15) is 0 Å². The molecule has 34 heavy (non-hydrogen) atoms. The van der Waals surface area contributed by atoms with Gasteiger partial charge in [0.05, 0.1) is 0 Å². The molecule has 0 saturated heterocycles. The average molecular weight is 496 g/mol. The van der Waals surface area contributed by atoms with E-state index < -0.39 is 0 Å². The molecule has 0 N–H and O–H groups in total. The molecular weight excluding hydrogens is 477 g/mol. The van der Waals surface area contributed by atoms with Crippen LogP contribution in [0.3, 0.4) is 0 Å². The quantitative estimate of drug-likeness (QED) is 0.235. The summed E-state index contributed by atoms with van der Waals surface area (Å²) in [6, 6.07) is 39.9. The van der Waals surface area contributed by atoms with Crippen LogP contribution in [-0.4, -0.2) is 0 Å². The van der Waals surface area contributed by atoms with Crippen molar-refractivity contribution >= 4 is 71.8 Å². The van der Waals surface area contributed by atoms with E-state index in [0.29, 0.717) is 10.0 Å². The van der Waals surface area contributed by atoms with E-state index in [0.717, 1.165) is 28.2 Å². The van der Waals surface area contributed by atoms with Gasteiger partial charge in [-0.2, -0.15) is 0 Å². The Kier molecular flexibility index (Phi) is 5.50. The number of thiophene rings is 1. The number of hydrogen-bond donors (Lipinski definition) is 0. The molecule has 0 aliphatic heterocycles. The molecule has 1 heterocycles. The zero-order valence-electron chi connectivity index (χ0n) is 18.1. The molecule has 0 saturated carbocycles. The van der Waals surface area contributed by atoms with Gasteiger partial charge in [-0.05, 0) is 77.9 Å². The van der Waals surface area contributed by atoms with Crippen molar-refractivity contribution in [2.24, 2.45) is 0 Å². The Labute approximate surface area is 212 Å². The monoisotopic (exact) mass is 495 g/mol. The fourth-order valence-corrected chi connectivity index (χ4v) is 6.03. The molecule has 0 spiro atoms. The minimum absolute atomic E-state index is 0.627. The second-order valence-electron chi connectivity index (χ2n) is 8.16. The highest BCUT2D eigenvalue weighted by atomic mass is 35.5. The molecule has 6 rings (SSSR count). The van der Waals surface area contributed by atoms with E-state index in [1.165, 1.54) is 20.2 Å². The summed E-state index contributed by atoms with van der Waals surface area (Å²) >= 11 is 14.4. The molecule has 0 radical (unpaired) electrons. The van der Waals surface area contributed by atoms with Crippen molar-refractivity contribution < 1.29 is 0 Å². The third-order valence-corrected chi connectivity index (χ3v) is 7.52. The van der Waals surface area contributed by atoms with Crippen LogP contribution in [-0.2, 0) is 0 Å². The Morgan fingerprint density at radius 2 is 1.15 bits per heavy atom. The van der Waals surface area contributed by atoms with Crippen LogP contribution in [0.4, 0.5) is 17.1 Å². The maximum Gasteiger partial charge on any atom is 0.0468 e. The van der Waals surface area contributed by atoms with Gasteiger partial charge in [0.2, 0.25) is 0 Å². The van der Waals surface area contributed by atoms with Crippen LogP contribution in [0.2, 0.25) is 10.0 Å². The normalized spacial score (nSPS) is 11.2. The minimum atomic E-state index is 0.627. The van der Waals surface area contributed by atoms with Gasteiger partial charge in [0, 0.05) is 47.3 Å². The van der Waals surface area contributed by atoms with E-state index in [-0.39, 0.29) is 0 Å². The van der Waals surface area contributed by atoms with Gasteiger partial charge < -0.3 is 4.90 Å². The number of rotatable bonds is 4. The Morgan fingerprint density at radius 3 is 1.97 bits per heavy atom. The lowest BCUT2D eigenvalue weighted by molar-refractivity contribution is 1.29. The fraction of sp³-hybridized carbons (Fsp3) is 0. The molecule has 6 aromatic rings. The highest BCUT2D eigenvalue weighted by molar-refractivity contribution is 7.25. The highest BCUT2D eigenvalue weighted by Gasteiger charge is 2.15. The van der Waals surface area contributed by atoms with Gasteiger partial charge in [-0.15, -0.1) is 11.3 Å². The summed E-state index contributed by atoms with van der Waals surface area (Å²) < 4.78 is 2.60. The summed E-state index contributed by atoms with van der Waals surface area (Å²) in [4.78, 5) is 2.29. The standard InChI is InChI=1S/C30H19Cl2NS/c31-22-15-21(16-23(32)18-22)20-7-6-10-25(17-20)33(24-8-2-1-3-9-24)26-13-14-30-28(19-26)27-11-4-5-12-29(27)34-30/h1-19H. The van der Waals surface area contributed by atoms with E-state index in [1.54, 1.807) is 6.07 Å². The summed E-state index contributed by atoms with van der Waals surface area (Å²) in [5, 5.41) is 3.82. The molecule has 1 nitrogen and oxygen atoms in total. The van der Waals surface area contributed by atoms with Crippen molar-refractivity contribution in [1.29, 1.82) is 0 Å². The summed E-state index contributed by atoms with van der Waals surface area (Å²) in [6.45, 7) is 0. The van der Waals surface area contributed by atoms with E-state index in [4.69, 9.17) is 23.2 Å². The van der Waals surface area contributed by atoms with Gasteiger partial charge in [-0.1, -0.05) is 71.7 Å². The Morgan fingerprint density at radius 1 is 0.471 bits per heavy atom. The number of hydrogen-bond acceptors (Lipinski definition) is 2. The van der Waals surface area contributed by atoms with E-state index >= 15 is 0 Å². The summed E-state index contributed by atoms with van der Waals surface area (Å²) in [6.07, 6.45) is 0. The molecule has 0 aliphatic rings. The summed E-state index contributed by atoms with van der Waals surface area (Å²) in [5.74, 6) is 0. The van der Waals surface area contributed by atoms with Crippen LogP contribution in [0, 0.1) is 0 Å². The van der Waals surface area contributed by atoms with Crippen molar-refractivity contribution in [3.63, 3.8) is 0 Å². The van der Waals surface area contributed by atoms with Gasteiger partial charge in [-0.25, -0.2) is 0 Å². The number of halogens is 2. The summed E-state index contributed by atoms with van der Waals surface area (Å²) in [5.41, 5.74) is 5.33. The maximum absolute atomic E-state index is 6.29. The smallest absolute Gasteiger partial charge is 0.0468 e. The van der Waals surface area contributed by atoms with Crippen LogP contribution < -0.4 is 4.90 Å². The van der Waals surface area contributed by atoms with Crippen LogP contribution >= 0.6 is 34.5 Å². The third kappa shape index (κ3) is 3.95. The molecular formula is C30H19Cl2NS. The summed E-state index contributed by atoms with van der Waals surface area (Å²) in [7, 11) is 0. The fourth-order valence-electron chi connectivity index (χ4n) is 4.42. The SMILES string of the molecule is Clc1cc(Cl)cc(-c2cccc(N(c3ccccc3)c3ccc4sc5ccccc5c4c3)c2)c1. The molecule has 0 aliphatic carbocycles. The van der Waals surface area contributed by atoms with Crippen LogP contribution in [0.15, 0.2) is 115 Å². The molecule has 0 fully saturated rings. The highest BCUT2D eigenvalue weighted by Crippen LogP contribution is 2.41. The molecule has 5 aromatic carbocycles. The van der Waals surface area contributed by atoms with Gasteiger partial charge in [0.15, 0.2) is 0 Å². The average Bonchev–Trinajstić information content (AvgIpc) is 3.23. The van der Waals surface area contributed by atoms with Crippen molar-refractivity contribution in [3.05, 3.63) is 125 Å². The lowest BCUT2D eigenvalue weighted by Gasteiger charge is -2.26. The Bertz CT molecular complexity index is 1620. The lowest BCUT2D eigenvalue weighted by atomic mass is 10.0. The largest absolute Gasteiger partial charge is 0.310 e. The van der Waals surface area contributed by atoms with Gasteiger partial charge in [-0.3, -0.25) is 0 Å². The van der Waals surface area contributed by atoms with E-state index in [1.807, 2.05) is 29.5 Å². The zero-order valence-corrected chi connectivity index (χ0v) is 20.4. The van der Waals surface area contributed by atoms with Crippen LogP contribution in [0.1, 0.15) is 0 Å². The number of nitrogens with zero attached hydrogens (tertiary/aromatic N) is 1. The molecule has 0 amide bonds. The van der Waals surface area contributed by atoms with E-state index in [2.05, 4.69) is 95.9 Å². The lowest BCUT2D eigenvalue weighted by Crippen LogP contribution is -2.09. The van der Waals surface area contributed by atoms with Gasteiger partial charge >= 0.3 is 0 Å². The first-order valence-electron chi connectivity index (χ1n) is 11.0. The molecule has 164 valence electrons. The Hall–Kier alpha value is -3.30. The first kappa shape index (κ1) is 21.2.